The molecular weight excluding hydrogens is 533 g/mol. The van der Waals surface area contributed by atoms with E-state index in [-0.39, 0.29) is 36.3 Å². The van der Waals surface area contributed by atoms with Gasteiger partial charge in [-0.3, -0.25) is 9.69 Å². The number of aryl methyl sites for hydroxylation is 1. The number of piperidine rings is 1. The number of carbonyl (C=O) groups excluding carboxylic acids is 2. The number of rotatable bonds is 5. The fourth-order valence-electron chi connectivity index (χ4n) is 5.30. The van der Waals surface area contributed by atoms with Crippen molar-refractivity contribution < 1.29 is 23.8 Å². The van der Waals surface area contributed by atoms with Crippen molar-refractivity contribution in [3.8, 4) is 5.75 Å². The Balaban J connectivity index is 0.00000114. The molecule has 2 aliphatic rings. The number of piperazine rings is 1. The SMILES string of the molecule is CC(C)C.Cc1ccc(C(c2ccc(O)cc2)N2CCN(C(=O)CC3CCN(C(=O)OC(C)(C)C)CC3)C(F)C2)cc1. The maximum Gasteiger partial charge on any atom is 0.410 e. The second kappa shape index (κ2) is 14.9. The molecule has 4 rings (SSSR count). The number of aromatic hydroxyl groups is 1. The van der Waals surface area contributed by atoms with Gasteiger partial charge >= 0.3 is 6.09 Å². The van der Waals surface area contributed by atoms with Gasteiger partial charge in [-0.15, -0.1) is 0 Å². The summed E-state index contributed by atoms with van der Waals surface area (Å²) in [5.41, 5.74) is 2.62. The molecular formula is C34H50FN3O4. The zero-order valence-electron chi connectivity index (χ0n) is 26.5. The van der Waals surface area contributed by atoms with E-state index in [4.69, 9.17) is 4.74 Å². The summed E-state index contributed by atoms with van der Waals surface area (Å²) >= 11 is 0. The number of benzene rings is 2. The van der Waals surface area contributed by atoms with Gasteiger partial charge in [-0.25, -0.2) is 9.18 Å². The van der Waals surface area contributed by atoms with Crippen molar-refractivity contribution in [3.05, 3.63) is 65.2 Å². The Morgan fingerprint density at radius 1 is 0.929 bits per heavy atom. The van der Waals surface area contributed by atoms with Gasteiger partial charge in [0.15, 0.2) is 6.30 Å². The van der Waals surface area contributed by atoms with E-state index >= 15 is 4.39 Å². The Bertz CT molecular complexity index is 1090. The number of hydrogen-bond donors (Lipinski definition) is 1. The number of carbonyl (C=O) groups is 2. The van der Waals surface area contributed by atoms with Crippen LogP contribution in [0.15, 0.2) is 48.5 Å². The van der Waals surface area contributed by atoms with E-state index in [2.05, 4.69) is 37.8 Å². The van der Waals surface area contributed by atoms with Gasteiger partial charge in [0.2, 0.25) is 5.91 Å². The van der Waals surface area contributed by atoms with Gasteiger partial charge in [0, 0.05) is 39.1 Å². The fraction of sp³-hybridized carbons (Fsp3) is 0.588. The van der Waals surface area contributed by atoms with Crippen molar-refractivity contribution in [1.82, 2.24) is 14.7 Å². The van der Waals surface area contributed by atoms with E-state index in [0.29, 0.717) is 45.4 Å². The van der Waals surface area contributed by atoms with Crippen LogP contribution in [0.4, 0.5) is 9.18 Å². The largest absolute Gasteiger partial charge is 0.508 e. The highest BCUT2D eigenvalue weighted by Gasteiger charge is 2.36. The third-order valence-corrected chi connectivity index (χ3v) is 7.37. The van der Waals surface area contributed by atoms with Crippen LogP contribution in [0.1, 0.15) is 83.5 Å². The number of phenolic OH excluding ortho intramolecular Hbond substituents is 1. The first-order chi connectivity index (χ1) is 19.7. The summed E-state index contributed by atoms with van der Waals surface area (Å²) in [4.78, 5) is 30.6. The minimum atomic E-state index is -1.40. The third kappa shape index (κ3) is 10.0. The van der Waals surface area contributed by atoms with Gasteiger partial charge in [-0.1, -0.05) is 62.7 Å². The molecule has 0 saturated carbocycles. The topological polar surface area (TPSA) is 73.3 Å². The maximum atomic E-state index is 15.5. The Kier molecular flexibility index (Phi) is 11.8. The van der Waals surface area contributed by atoms with Crippen molar-refractivity contribution in [2.45, 2.75) is 85.7 Å². The lowest BCUT2D eigenvalue weighted by atomic mass is 9.92. The lowest BCUT2D eigenvalue weighted by Crippen LogP contribution is -2.54. The van der Waals surface area contributed by atoms with Gasteiger partial charge in [-0.05, 0) is 75.6 Å². The molecule has 7 nitrogen and oxygen atoms in total. The van der Waals surface area contributed by atoms with Crippen LogP contribution in [0, 0.1) is 18.8 Å². The summed E-state index contributed by atoms with van der Waals surface area (Å²) in [7, 11) is 0. The smallest absolute Gasteiger partial charge is 0.410 e. The molecule has 1 N–H and O–H groups in total. The zero-order valence-corrected chi connectivity index (χ0v) is 26.5. The molecule has 232 valence electrons. The molecule has 0 aromatic heterocycles. The lowest BCUT2D eigenvalue weighted by Gasteiger charge is -2.42. The number of hydrogen-bond acceptors (Lipinski definition) is 5. The van der Waals surface area contributed by atoms with E-state index in [9.17, 15) is 14.7 Å². The quantitative estimate of drug-likeness (QED) is 0.387. The standard InChI is InChI=1S/C30H40FN3O4.C4H10/c1-21-5-7-23(8-6-21)28(24-9-11-25(35)12-10-24)33-17-18-34(26(31)20-33)27(36)19-22-13-15-32(16-14-22)29(37)38-30(2,3)4;1-4(2)3/h5-12,22,26,28,35H,13-20H2,1-4H3;4H,1-3H3. The maximum absolute atomic E-state index is 15.5. The molecule has 2 saturated heterocycles. The molecule has 0 bridgehead atoms. The number of phenols is 1. The highest BCUT2D eigenvalue weighted by molar-refractivity contribution is 5.77. The molecule has 2 atom stereocenters. The molecule has 0 radical (unpaired) electrons. The average molecular weight is 584 g/mol. The van der Waals surface area contributed by atoms with Crippen LogP contribution in [0.25, 0.3) is 0 Å². The number of nitrogens with zero attached hydrogens (tertiary/aromatic N) is 3. The van der Waals surface area contributed by atoms with E-state index in [1.165, 1.54) is 4.90 Å². The second-order valence-corrected chi connectivity index (χ2v) is 13.3. The van der Waals surface area contributed by atoms with Gasteiger partial charge < -0.3 is 19.6 Å². The number of halogens is 1. The molecule has 2 amide bonds. The minimum Gasteiger partial charge on any atom is -0.508 e. The highest BCUT2D eigenvalue weighted by Crippen LogP contribution is 2.33. The first-order valence-corrected chi connectivity index (χ1v) is 15.2. The molecule has 2 heterocycles. The summed E-state index contributed by atoms with van der Waals surface area (Å²) < 4.78 is 21.0. The third-order valence-electron chi connectivity index (χ3n) is 7.37. The van der Waals surface area contributed by atoms with Crippen LogP contribution < -0.4 is 0 Å². The Morgan fingerprint density at radius 2 is 1.45 bits per heavy atom. The van der Waals surface area contributed by atoms with E-state index in [1.54, 1.807) is 17.0 Å². The molecule has 2 aromatic rings. The first-order valence-electron chi connectivity index (χ1n) is 15.2. The van der Waals surface area contributed by atoms with Crippen LogP contribution >= 0.6 is 0 Å². The van der Waals surface area contributed by atoms with Crippen LogP contribution in [-0.2, 0) is 9.53 Å². The van der Waals surface area contributed by atoms with Crippen molar-refractivity contribution >= 4 is 12.0 Å². The summed E-state index contributed by atoms with van der Waals surface area (Å²) in [6.07, 6.45) is -0.0135. The summed E-state index contributed by atoms with van der Waals surface area (Å²) in [6.45, 7) is 16.1. The lowest BCUT2D eigenvalue weighted by molar-refractivity contribution is -0.143. The van der Waals surface area contributed by atoms with Crippen molar-refractivity contribution in [2.24, 2.45) is 11.8 Å². The van der Waals surface area contributed by atoms with Crippen LogP contribution in [0.3, 0.4) is 0 Å². The molecule has 42 heavy (non-hydrogen) atoms. The van der Waals surface area contributed by atoms with Gasteiger partial charge in [-0.2, -0.15) is 0 Å². The number of ether oxygens (including phenoxy) is 1. The van der Waals surface area contributed by atoms with E-state index in [0.717, 1.165) is 22.6 Å². The average Bonchev–Trinajstić information content (AvgIpc) is 2.90. The Morgan fingerprint density at radius 3 is 1.95 bits per heavy atom. The molecule has 2 aromatic carbocycles. The minimum absolute atomic E-state index is 0.113. The zero-order chi connectivity index (χ0) is 31.0. The summed E-state index contributed by atoms with van der Waals surface area (Å²) in [6, 6.07) is 15.1. The highest BCUT2D eigenvalue weighted by atomic mass is 19.1. The summed E-state index contributed by atoms with van der Waals surface area (Å²) in [5.74, 6) is 0.986. The predicted molar refractivity (Wildman–Crippen MR) is 165 cm³/mol. The van der Waals surface area contributed by atoms with Crippen molar-refractivity contribution in [2.75, 3.05) is 32.7 Å². The van der Waals surface area contributed by atoms with Crippen molar-refractivity contribution in [3.63, 3.8) is 0 Å². The number of alkyl halides is 1. The van der Waals surface area contributed by atoms with Crippen LogP contribution in [0.5, 0.6) is 5.75 Å². The molecule has 2 unspecified atom stereocenters. The number of likely N-dealkylation sites (tertiary alicyclic amines) is 1. The molecule has 0 spiro atoms. The molecule has 8 heteroatoms. The van der Waals surface area contributed by atoms with Crippen molar-refractivity contribution in [1.29, 1.82) is 0 Å². The molecule has 0 aliphatic carbocycles. The predicted octanol–water partition coefficient (Wildman–Crippen LogP) is 6.93. The number of amides is 2. The Labute approximate surface area is 251 Å². The van der Waals surface area contributed by atoms with Crippen LogP contribution in [0.2, 0.25) is 0 Å². The van der Waals surface area contributed by atoms with Gasteiger partial charge in [0.1, 0.15) is 11.4 Å². The van der Waals surface area contributed by atoms with Gasteiger partial charge in [0.05, 0.1) is 6.04 Å². The summed E-state index contributed by atoms with van der Waals surface area (Å²) in [5, 5.41) is 9.77. The Hall–Kier alpha value is -3.13. The monoisotopic (exact) mass is 583 g/mol. The molecule has 2 aliphatic heterocycles. The second-order valence-electron chi connectivity index (χ2n) is 13.3. The normalized spacial score (nSPS) is 19.2. The van der Waals surface area contributed by atoms with Crippen LogP contribution in [-0.4, -0.2) is 76.4 Å². The first kappa shape index (κ1) is 33.4. The fourth-order valence-corrected chi connectivity index (χ4v) is 5.30. The van der Waals surface area contributed by atoms with E-state index in [1.807, 2.05) is 52.0 Å². The van der Waals surface area contributed by atoms with E-state index < -0.39 is 11.9 Å². The molecule has 2 fully saturated rings. The van der Waals surface area contributed by atoms with Gasteiger partial charge in [0.25, 0.3) is 0 Å².